The predicted molar refractivity (Wildman–Crippen MR) is 88.7 cm³/mol. The van der Waals surface area contributed by atoms with Crippen LogP contribution in [0, 0.1) is 0 Å². The van der Waals surface area contributed by atoms with Crippen LogP contribution in [0.25, 0.3) is 11.0 Å². The van der Waals surface area contributed by atoms with Gasteiger partial charge in [0.25, 0.3) is 0 Å². The topological polar surface area (TPSA) is 65.1 Å². The maximum absolute atomic E-state index is 4.57. The number of fused-ring (bicyclic) bond motifs is 1. The molecule has 0 atom stereocenters. The summed E-state index contributed by atoms with van der Waals surface area (Å²) in [5.74, 6) is 1.87. The van der Waals surface area contributed by atoms with Crippen molar-refractivity contribution in [2.75, 3.05) is 20.1 Å². The fourth-order valence-corrected chi connectivity index (χ4v) is 2.23. The molecule has 0 fully saturated rings. The number of hydrogen-bond acceptors (Lipinski definition) is 2. The molecule has 0 radical (unpaired) electrons. The van der Waals surface area contributed by atoms with Gasteiger partial charge >= 0.3 is 0 Å². The molecule has 5 nitrogen and oxygen atoms in total. The normalized spacial score (nSPS) is 11.8. The highest BCUT2D eigenvalue weighted by atomic mass is 15.2. The number of guanidine groups is 1. The molecule has 0 amide bonds. The molecule has 0 bridgehead atoms. The number of nitrogens with zero attached hydrogens (tertiary/aromatic N) is 2. The second kappa shape index (κ2) is 8.29. The maximum atomic E-state index is 4.57. The molecule has 0 aliphatic rings. The van der Waals surface area contributed by atoms with Crippen LogP contribution in [0.2, 0.25) is 0 Å². The first-order chi connectivity index (χ1) is 10.3. The summed E-state index contributed by atoms with van der Waals surface area (Å²) in [4.78, 5) is 12.1. The van der Waals surface area contributed by atoms with E-state index in [2.05, 4.69) is 32.5 Å². The van der Waals surface area contributed by atoms with E-state index in [0.29, 0.717) is 0 Å². The Morgan fingerprint density at radius 1 is 1.19 bits per heavy atom. The highest BCUT2D eigenvalue weighted by Gasteiger charge is 2.02. The molecule has 5 heteroatoms. The number of aromatic nitrogens is 2. The van der Waals surface area contributed by atoms with E-state index in [9.17, 15) is 0 Å². The molecule has 0 aliphatic carbocycles. The minimum absolute atomic E-state index is 0.813. The summed E-state index contributed by atoms with van der Waals surface area (Å²) in [6, 6.07) is 8.10. The Kier molecular flexibility index (Phi) is 6.06. The molecule has 1 aromatic heterocycles. The Morgan fingerprint density at radius 2 is 2.00 bits per heavy atom. The Bertz CT molecular complexity index is 540. The van der Waals surface area contributed by atoms with Crippen molar-refractivity contribution >= 4 is 17.0 Å². The third-order valence-electron chi connectivity index (χ3n) is 3.39. The van der Waals surface area contributed by atoms with Gasteiger partial charge in [-0.15, -0.1) is 0 Å². The van der Waals surface area contributed by atoms with E-state index in [1.54, 1.807) is 7.05 Å². The average Bonchev–Trinajstić information content (AvgIpc) is 2.92. The van der Waals surface area contributed by atoms with Crippen molar-refractivity contribution in [1.29, 1.82) is 0 Å². The lowest BCUT2D eigenvalue weighted by Crippen LogP contribution is -2.38. The van der Waals surface area contributed by atoms with Crippen molar-refractivity contribution in [3.05, 3.63) is 30.1 Å². The predicted octanol–water partition coefficient (Wildman–Crippen LogP) is 2.46. The van der Waals surface area contributed by atoms with E-state index in [1.807, 2.05) is 24.3 Å². The van der Waals surface area contributed by atoms with Crippen molar-refractivity contribution < 1.29 is 0 Å². The first-order valence-corrected chi connectivity index (χ1v) is 7.71. The van der Waals surface area contributed by atoms with Gasteiger partial charge in [-0.05, 0) is 18.6 Å². The maximum Gasteiger partial charge on any atom is 0.190 e. The molecule has 21 heavy (non-hydrogen) atoms. The van der Waals surface area contributed by atoms with Gasteiger partial charge in [0, 0.05) is 26.6 Å². The summed E-state index contributed by atoms with van der Waals surface area (Å²) in [7, 11) is 1.80. The van der Waals surface area contributed by atoms with Crippen LogP contribution < -0.4 is 10.6 Å². The monoisotopic (exact) mass is 287 g/mol. The van der Waals surface area contributed by atoms with Crippen molar-refractivity contribution in [1.82, 2.24) is 20.6 Å². The standard InChI is InChI=1S/C16H25N5/c1-3-4-7-11-18-16(17-2)19-12-10-15-20-13-8-5-6-9-14(13)21-15/h5-6,8-9H,3-4,7,10-12H2,1-2H3,(H,20,21)(H2,17,18,19). The zero-order chi connectivity index (χ0) is 14.9. The molecule has 0 aliphatic heterocycles. The van der Waals surface area contributed by atoms with Crippen molar-refractivity contribution in [2.24, 2.45) is 4.99 Å². The van der Waals surface area contributed by atoms with E-state index in [0.717, 1.165) is 42.3 Å². The van der Waals surface area contributed by atoms with Gasteiger partial charge in [-0.2, -0.15) is 0 Å². The number of aromatic amines is 1. The zero-order valence-electron chi connectivity index (χ0n) is 12.9. The molecular weight excluding hydrogens is 262 g/mol. The minimum atomic E-state index is 0.813. The Labute approximate surface area is 126 Å². The van der Waals surface area contributed by atoms with Gasteiger partial charge in [-0.1, -0.05) is 31.9 Å². The quantitative estimate of drug-likeness (QED) is 0.416. The number of benzene rings is 1. The first kappa shape index (κ1) is 15.4. The van der Waals surface area contributed by atoms with Crippen LogP contribution in [-0.2, 0) is 6.42 Å². The molecule has 0 spiro atoms. The fourth-order valence-electron chi connectivity index (χ4n) is 2.23. The lowest BCUT2D eigenvalue weighted by atomic mass is 10.2. The van der Waals surface area contributed by atoms with E-state index in [4.69, 9.17) is 0 Å². The van der Waals surface area contributed by atoms with Crippen molar-refractivity contribution in [3.63, 3.8) is 0 Å². The van der Waals surface area contributed by atoms with Gasteiger partial charge in [0.2, 0.25) is 0 Å². The molecule has 114 valence electrons. The minimum Gasteiger partial charge on any atom is -0.356 e. The Balaban J connectivity index is 1.74. The second-order valence-corrected chi connectivity index (χ2v) is 5.08. The Morgan fingerprint density at radius 3 is 2.76 bits per heavy atom. The molecule has 0 saturated carbocycles. The molecule has 3 N–H and O–H groups in total. The van der Waals surface area contributed by atoms with Gasteiger partial charge < -0.3 is 15.6 Å². The number of imidazole rings is 1. The van der Waals surface area contributed by atoms with E-state index in [-0.39, 0.29) is 0 Å². The van der Waals surface area contributed by atoms with Crippen LogP contribution >= 0.6 is 0 Å². The number of para-hydroxylation sites is 2. The van der Waals surface area contributed by atoms with E-state index in [1.165, 1.54) is 19.3 Å². The molecule has 2 rings (SSSR count). The smallest absolute Gasteiger partial charge is 0.190 e. The SMILES string of the molecule is CCCCCNC(=NC)NCCc1nc2ccccc2[nH]1. The van der Waals surface area contributed by atoms with Crippen molar-refractivity contribution in [2.45, 2.75) is 32.6 Å². The van der Waals surface area contributed by atoms with Gasteiger partial charge in [0.05, 0.1) is 11.0 Å². The lowest BCUT2D eigenvalue weighted by Gasteiger charge is -2.10. The summed E-state index contributed by atoms with van der Waals surface area (Å²) in [5.41, 5.74) is 2.11. The highest BCUT2D eigenvalue weighted by molar-refractivity contribution is 5.79. The molecule has 1 aromatic carbocycles. The van der Waals surface area contributed by atoms with Crippen molar-refractivity contribution in [3.8, 4) is 0 Å². The van der Waals surface area contributed by atoms with Gasteiger partial charge in [0.1, 0.15) is 5.82 Å². The molecule has 1 heterocycles. The van der Waals surface area contributed by atoms with Gasteiger partial charge in [-0.3, -0.25) is 4.99 Å². The molecular formula is C16H25N5. The van der Waals surface area contributed by atoms with Gasteiger partial charge in [0.15, 0.2) is 5.96 Å². The first-order valence-electron chi connectivity index (χ1n) is 7.71. The molecule has 0 saturated heterocycles. The Hall–Kier alpha value is -2.04. The number of unbranched alkanes of at least 4 members (excludes halogenated alkanes) is 2. The average molecular weight is 287 g/mol. The van der Waals surface area contributed by atoms with Crippen LogP contribution in [0.3, 0.4) is 0 Å². The second-order valence-electron chi connectivity index (χ2n) is 5.08. The molecule has 2 aromatic rings. The summed E-state index contributed by atoms with van der Waals surface area (Å²) in [6.45, 7) is 3.99. The fraction of sp³-hybridized carbons (Fsp3) is 0.500. The third-order valence-corrected chi connectivity index (χ3v) is 3.39. The van der Waals surface area contributed by atoms with Gasteiger partial charge in [-0.25, -0.2) is 4.98 Å². The van der Waals surface area contributed by atoms with Crippen LogP contribution in [0.15, 0.2) is 29.3 Å². The summed E-state index contributed by atoms with van der Waals surface area (Å²) in [5, 5.41) is 6.64. The third kappa shape index (κ3) is 4.77. The van der Waals surface area contributed by atoms with E-state index < -0.39 is 0 Å². The van der Waals surface area contributed by atoms with Crippen LogP contribution in [-0.4, -0.2) is 36.1 Å². The van der Waals surface area contributed by atoms with Crippen LogP contribution in [0.4, 0.5) is 0 Å². The number of nitrogens with one attached hydrogen (secondary N) is 3. The summed E-state index contributed by atoms with van der Waals surface area (Å²) in [6.07, 6.45) is 4.52. The zero-order valence-corrected chi connectivity index (χ0v) is 12.9. The highest BCUT2D eigenvalue weighted by Crippen LogP contribution is 2.10. The van der Waals surface area contributed by atoms with E-state index >= 15 is 0 Å². The number of rotatable bonds is 7. The number of hydrogen-bond donors (Lipinski definition) is 3. The largest absolute Gasteiger partial charge is 0.356 e. The summed E-state index contributed by atoms with van der Waals surface area (Å²) < 4.78 is 0. The van der Waals surface area contributed by atoms with Crippen LogP contribution in [0.1, 0.15) is 32.0 Å². The molecule has 0 unspecified atom stereocenters. The summed E-state index contributed by atoms with van der Waals surface area (Å²) >= 11 is 0. The number of H-pyrrole nitrogens is 1. The lowest BCUT2D eigenvalue weighted by molar-refractivity contribution is 0.681. The van der Waals surface area contributed by atoms with Crippen LogP contribution in [0.5, 0.6) is 0 Å². The number of aliphatic imine (C=N–C) groups is 1.